The Labute approximate surface area is 47.3 Å². The van der Waals surface area contributed by atoms with E-state index in [0.29, 0.717) is 0 Å². The topological polar surface area (TPSA) is 23.1 Å². The maximum Gasteiger partial charge on any atom is 0.0347 e. The monoisotopic (exact) mass is 120 g/mol. The molecule has 0 saturated carbocycles. The third-order valence-corrected chi connectivity index (χ3v) is 3.23. The van der Waals surface area contributed by atoms with E-state index in [4.69, 9.17) is 0 Å². The lowest BCUT2D eigenvalue weighted by Crippen LogP contribution is -2.15. The van der Waals surface area contributed by atoms with Crippen LogP contribution in [0, 0.1) is 0 Å². The van der Waals surface area contributed by atoms with Crippen molar-refractivity contribution >= 4 is 11.2 Å². The molecule has 0 aliphatic carbocycles. The van der Waals surface area contributed by atoms with Gasteiger partial charge in [-0.15, -0.1) is 0 Å². The smallest absolute Gasteiger partial charge is 0.0347 e. The first-order chi connectivity index (χ1) is 3.39. The van der Waals surface area contributed by atoms with Crippen molar-refractivity contribution in [2.24, 2.45) is 0 Å². The van der Waals surface area contributed by atoms with Gasteiger partial charge in [0, 0.05) is 11.5 Å². The van der Waals surface area contributed by atoms with Gasteiger partial charge in [-0.25, -0.2) is 0 Å². The molecule has 0 radical (unpaired) electrons. The average Bonchev–Trinajstić information content (AvgIpc) is 1.69. The van der Waals surface area contributed by atoms with E-state index in [1.807, 2.05) is 0 Å². The van der Waals surface area contributed by atoms with Crippen molar-refractivity contribution in [2.45, 2.75) is 19.3 Å². The maximum absolute atomic E-state index is 10.6. The Morgan fingerprint density at radius 2 is 1.57 bits per heavy atom. The summed E-state index contributed by atoms with van der Waals surface area (Å²) in [4.78, 5) is 0. The molecule has 0 bridgehead atoms. The number of rotatable bonds is 0. The van der Waals surface area contributed by atoms with E-state index in [1.54, 1.807) is 0 Å². The van der Waals surface area contributed by atoms with E-state index in [9.17, 15) is 4.55 Å². The molecule has 1 aliphatic rings. The quantitative estimate of drug-likeness (QED) is 0.424. The summed E-state index contributed by atoms with van der Waals surface area (Å²) in [6.07, 6.45) is 3.76. The van der Waals surface area contributed by atoms with Crippen LogP contribution in [0.5, 0.6) is 0 Å². The molecule has 1 fully saturated rings. The van der Waals surface area contributed by atoms with Crippen LogP contribution in [0.2, 0.25) is 0 Å². The molecule has 1 rings (SSSR count). The summed E-state index contributed by atoms with van der Waals surface area (Å²) < 4.78 is 10.6. The van der Waals surface area contributed by atoms with E-state index < -0.39 is 11.2 Å². The molecular formula is C5H12OS. The van der Waals surface area contributed by atoms with E-state index in [2.05, 4.69) is 0 Å². The highest BCUT2D eigenvalue weighted by molar-refractivity contribution is 7.91. The van der Waals surface area contributed by atoms with Crippen LogP contribution in [-0.2, 0) is 11.2 Å². The van der Waals surface area contributed by atoms with Gasteiger partial charge in [0.05, 0.1) is 0 Å². The van der Waals surface area contributed by atoms with Crippen molar-refractivity contribution in [3.8, 4) is 0 Å². The lowest BCUT2D eigenvalue weighted by atomic mass is 10.3. The zero-order chi connectivity index (χ0) is 5.11. The van der Waals surface area contributed by atoms with Crippen molar-refractivity contribution < 1.29 is 4.55 Å². The molecule has 1 saturated heterocycles. The Kier molecular flexibility index (Phi) is 2.00. The molecule has 0 spiro atoms. The van der Waals surface area contributed by atoms with Crippen LogP contribution in [0.1, 0.15) is 19.3 Å². The van der Waals surface area contributed by atoms with Gasteiger partial charge >= 0.3 is 0 Å². The second-order valence-electron chi connectivity index (χ2n) is 2.10. The van der Waals surface area contributed by atoms with E-state index >= 15 is 0 Å². The molecular weight excluding hydrogens is 108 g/mol. The molecule has 0 atom stereocenters. The van der Waals surface area contributed by atoms with Crippen molar-refractivity contribution in [1.29, 1.82) is 0 Å². The second kappa shape index (κ2) is 2.58. The molecule has 0 unspecified atom stereocenters. The fourth-order valence-corrected chi connectivity index (χ4v) is 2.48. The summed E-state index contributed by atoms with van der Waals surface area (Å²) in [5, 5.41) is 0. The number of hydrogen-bond acceptors (Lipinski definition) is 1. The highest BCUT2D eigenvalue weighted by Crippen LogP contribution is 2.09. The Hall–Kier alpha value is 0.310. The van der Waals surface area contributed by atoms with Crippen LogP contribution in [0.4, 0.5) is 0 Å². The fourth-order valence-electron chi connectivity index (χ4n) is 0.946. The van der Waals surface area contributed by atoms with Crippen LogP contribution >= 0.6 is 0 Å². The summed E-state index contributed by atoms with van der Waals surface area (Å²) in [6, 6.07) is 0. The van der Waals surface area contributed by atoms with Crippen LogP contribution in [0.15, 0.2) is 0 Å². The predicted octanol–water partition coefficient (Wildman–Crippen LogP) is 0.384. The van der Waals surface area contributed by atoms with Gasteiger partial charge in [0.15, 0.2) is 0 Å². The molecule has 0 N–H and O–H groups in total. The van der Waals surface area contributed by atoms with E-state index in [0.717, 1.165) is 11.5 Å². The number of hydrogen-bond donors (Lipinski definition) is 0. The average molecular weight is 120 g/mol. The molecule has 0 aromatic heterocycles. The standard InChI is InChI=1S/C5H12OS/c6-7-4-2-1-3-5-7/h1-5,7H2. The molecule has 1 aliphatic heterocycles. The first-order valence-corrected chi connectivity index (χ1v) is 4.73. The lowest BCUT2D eigenvalue weighted by Gasteiger charge is -2.25. The van der Waals surface area contributed by atoms with Gasteiger partial charge in [-0.3, -0.25) is 0 Å². The molecule has 0 aromatic rings. The third kappa shape index (κ3) is 1.70. The summed E-state index contributed by atoms with van der Waals surface area (Å²) in [5.41, 5.74) is 0. The zero-order valence-electron chi connectivity index (χ0n) is 4.44. The van der Waals surface area contributed by atoms with Gasteiger partial charge in [-0.1, -0.05) is 0 Å². The normalized spacial score (nSPS) is 27.9. The highest BCUT2D eigenvalue weighted by atomic mass is 32.2. The molecule has 0 amide bonds. The van der Waals surface area contributed by atoms with Crippen LogP contribution in [0.3, 0.4) is 0 Å². The zero-order valence-corrected chi connectivity index (χ0v) is 5.44. The van der Waals surface area contributed by atoms with Gasteiger partial charge in [0.2, 0.25) is 0 Å². The van der Waals surface area contributed by atoms with E-state index in [1.165, 1.54) is 19.3 Å². The Bertz CT molecular complexity index is 50.0. The minimum atomic E-state index is -1.04. The van der Waals surface area contributed by atoms with E-state index in [-0.39, 0.29) is 0 Å². The van der Waals surface area contributed by atoms with Crippen LogP contribution in [0.25, 0.3) is 0 Å². The molecule has 1 nitrogen and oxygen atoms in total. The Morgan fingerprint density at radius 3 is 1.86 bits per heavy atom. The Morgan fingerprint density at radius 1 is 1.00 bits per heavy atom. The SMILES string of the molecule is [O-][SH2+]1CCCCC1. The van der Waals surface area contributed by atoms with Gasteiger partial charge < -0.3 is 15.7 Å². The van der Waals surface area contributed by atoms with Crippen molar-refractivity contribution in [2.75, 3.05) is 11.5 Å². The summed E-state index contributed by atoms with van der Waals surface area (Å²) in [7, 11) is 0. The fraction of sp³-hybridized carbons (Fsp3) is 1.00. The first kappa shape index (κ1) is 5.45. The summed E-state index contributed by atoms with van der Waals surface area (Å²) >= 11 is -1.04. The minimum Gasteiger partial charge on any atom is -0.689 e. The van der Waals surface area contributed by atoms with Crippen molar-refractivity contribution in [3.63, 3.8) is 0 Å². The van der Waals surface area contributed by atoms with Crippen molar-refractivity contribution in [3.05, 3.63) is 0 Å². The molecule has 7 heavy (non-hydrogen) atoms. The van der Waals surface area contributed by atoms with Crippen molar-refractivity contribution in [1.82, 2.24) is 0 Å². The molecule has 44 valence electrons. The van der Waals surface area contributed by atoms with Gasteiger partial charge in [0.1, 0.15) is 0 Å². The largest absolute Gasteiger partial charge is 0.689 e. The lowest BCUT2D eigenvalue weighted by molar-refractivity contribution is 0.574. The minimum absolute atomic E-state index is 1.03. The van der Waals surface area contributed by atoms with Gasteiger partial charge in [-0.05, 0) is 19.3 Å². The highest BCUT2D eigenvalue weighted by Gasteiger charge is 2.01. The molecule has 2 heteroatoms. The maximum atomic E-state index is 10.6. The summed E-state index contributed by atoms with van der Waals surface area (Å²) in [5.74, 6) is 2.06. The van der Waals surface area contributed by atoms with Gasteiger partial charge in [-0.2, -0.15) is 0 Å². The predicted molar refractivity (Wildman–Crippen MR) is 34.5 cm³/mol. The summed E-state index contributed by atoms with van der Waals surface area (Å²) in [6.45, 7) is 0. The van der Waals surface area contributed by atoms with Crippen LogP contribution < -0.4 is 0 Å². The van der Waals surface area contributed by atoms with Gasteiger partial charge in [0.25, 0.3) is 0 Å². The molecule has 1 heterocycles. The first-order valence-electron chi connectivity index (χ1n) is 2.91. The molecule has 0 aromatic carbocycles. The second-order valence-corrected chi connectivity index (χ2v) is 4.18. The van der Waals surface area contributed by atoms with Crippen LogP contribution in [-0.4, -0.2) is 16.1 Å². The Balaban J connectivity index is 2.12. The third-order valence-electron chi connectivity index (χ3n) is 1.41.